The van der Waals surface area contributed by atoms with Gasteiger partial charge in [-0.25, -0.2) is 4.98 Å². The van der Waals surface area contributed by atoms with E-state index in [0.717, 1.165) is 22.7 Å². The minimum absolute atomic E-state index is 0.229. The molecule has 0 aliphatic rings. The SMILES string of the molecule is CCOc1cc(/C=C/C(=O)NC(c2ccccc2)c2nccn2C)ccc1OCCOc1ccccc1. The molecule has 4 aromatic rings. The second-order valence-electron chi connectivity index (χ2n) is 8.23. The van der Waals surface area contributed by atoms with Gasteiger partial charge in [0, 0.05) is 25.5 Å². The third-order valence-corrected chi connectivity index (χ3v) is 5.58. The Hall–Kier alpha value is -4.52. The van der Waals surface area contributed by atoms with Crippen LogP contribution in [0, 0.1) is 0 Å². The number of para-hydroxylation sites is 1. The Bertz CT molecular complexity index is 1300. The molecule has 1 heterocycles. The quantitative estimate of drug-likeness (QED) is 0.215. The lowest BCUT2D eigenvalue weighted by Crippen LogP contribution is -2.29. The molecule has 0 bridgehead atoms. The first-order chi connectivity index (χ1) is 18.1. The topological polar surface area (TPSA) is 74.6 Å². The van der Waals surface area contributed by atoms with Gasteiger partial charge in [0.05, 0.1) is 6.61 Å². The van der Waals surface area contributed by atoms with Gasteiger partial charge in [0.2, 0.25) is 5.91 Å². The fraction of sp³-hybridized carbons (Fsp3) is 0.200. The smallest absolute Gasteiger partial charge is 0.244 e. The zero-order valence-electron chi connectivity index (χ0n) is 21.0. The number of nitrogens with one attached hydrogen (secondary N) is 1. The second-order valence-corrected chi connectivity index (χ2v) is 8.23. The third kappa shape index (κ3) is 7.24. The van der Waals surface area contributed by atoms with Crippen LogP contribution in [0.3, 0.4) is 0 Å². The minimum Gasteiger partial charge on any atom is -0.490 e. The van der Waals surface area contributed by atoms with E-state index in [0.29, 0.717) is 31.3 Å². The molecule has 1 N–H and O–H groups in total. The van der Waals surface area contributed by atoms with E-state index in [9.17, 15) is 4.79 Å². The fourth-order valence-corrected chi connectivity index (χ4v) is 3.80. The van der Waals surface area contributed by atoms with Crippen molar-refractivity contribution in [2.75, 3.05) is 19.8 Å². The van der Waals surface area contributed by atoms with Crippen LogP contribution in [0.1, 0.15) is 29.9 Å². The number of rotatable bonds is 12. The van der Waals surface area contributed by atoms with E-state index in [1.165, 1.54) is 6.08 Å². The number of carbonyl (C=O) groups excluding carboxylic acids is 1. The lowest BCUT2D eigenvalue weighted by atomic mass is 10.1. The second kappa shape index (κ2) is 13.0. The van der Waals surface area contributed by atoms with Crippen molar-refractivity contribution >= 4 is 12.0 Å². The van der Waals surface area contributed by atoms with Crippen molar-refractivity contribution in [1.82, 2.24) is 14.9 Å². The number of hydrogen-bond acceptors (Lipinski definition) is 5. The molecule has 1 aromatic heterocycles. The normalized spacial score (nSPS) is 11.7. The monoisotopic (exact) mass is 497 g/mol. The Morgan fingerprint density at radius 3 is 2.38 bits per heavy atom. The van der Waals surface area contributed by atoms with Gasteiger partial charge in [-0.05, 0) is 48.4 Å². The van der Waals surface area contributed by atoms with Crippen molar-refractivity contribution in [3.63, 3.8) is 0 Å². The summed E-state index contributed by atoms with van der Waals surface area (Å²) in [6.45, 7) is 3.20. The van der Waals surface area contributed by atoms with Crippen LogP contribution in [0.15, 0.2) is 97.3 Å². The van der Waals surface area contributed by atoms with Gasteiger partial charge in [0.15, 0.2) is 11.5 Å². The highest BCUT2D eigenvalue weighted by molar-refractivity contribution is 5.92. The van der Waals surface area contributed by atoms with Gasteiger partial charge >= 0.3 is 0 Å². The first kappa shape index (κ1) is 25.6. The predicted molar refractivity (Wildman–Crippen MR) is 144 cm³/mol. The number of aryl methyl sites for hydroxylation is 1. The van der Waals surface area contributed by atoms with E-state index in [4.69, 9.17) is 14.2 Å². The van der Waals surface area contributed by atoms with Crippen molar-refractivity contribution in [3.8, 4) is 17.2 Å². The van der Waals surface area contributed by atoms with E-state index >= 15 is 0 Å². The largest absolute Gasteiger partial charge is 0.490 e. The zero-order chi connectivity index (χ0) is 25.9. The maximum atomic E-state index is 12.9. The number of amides is 1. The van der Waals surface area contributed by atoms with E-state index < -0.39 is 0 Å². The van der Waals surface area contributed by atoms with Crippen molar-refractivity contribution in [3.05, 3.63) is 114 Å². The standard InChI is InChI=1S/C30H31N3O4/c1-3-35-27-22-23(14-16-26(27)37-21-20-36-25-12-8-5-9-13-25)15-17-28(34)32-29(24-10-6-4-7-11-24)30-31-18-19-33(30)2/h4-19,22,29H,3,20-21H2,1-2H3,(H,32,34)/b17-15+. The Labute approximate surface area is 217 Å². The summed E-state index contributed by atoms with van der Waals surface area (Å²) in [6.07, 6.45) is 6.85. The maximum Gasteiger partial charge on any atom is 0.244 e. The Morgan fingerprint density at radius 2 is 1.68 bits per heavy atom. The molecular formula is C30H31N3O4. The molecule has 4 rings (SSSR count). The highest BCUT2D eigenvalue weighted by atomic mass is 16.5. The number of imidazole rings is 1. The first-order valence-corrected chi connectivity index (χ1v) is 12.2. The fourth-order valence-electron chi connectivity index (χ4n) is 3.80. The lowest BCUT2D eigenvalue weighted by Gasteiger charge is -2.18. The maximum absolute atomic E-state index is 12.9. The molecule has 1 atom stereocenters. The average molecular weight is 498 g/mol. The molecule has 1 unspecified atom stereocenters. The molecule has 0 aliphatic heterocycles. The van der Waals surface area contributed by atoms with Crippen LogP contribution < -0.4 is 19.5 Å². The van der Waals surface area contributed by atoms with Crippen LogP contribution in [0.4, 0.5) is 0 Å². The van der Waals surface area contributed by atoms with Gasteiger partial charge in [-0.1, -0.05) is 54.6 Å². The molecular weight excluding hydrogens is 466 g/mol. The van der Waals surface area contributed by atoms with Crippen LogP contribution in [0.25, 0.3) is 6.08 Å². The summed E-state index contributed by atoms with van der Waals surface area (Å²) >= 11 is 0. The molecule has 0 fully saturated rings. The Kier molecular flexibility index (Phi) is 8.97. The average Bonchev–Trinajstić information content (AvgIpc) is 3.36. The molecule has 0 saturated carbocycles. The van der Waals surface area contributed by atoms with Gasteiger partial charge < -0.3 is 24.1 Å². The summed E-state index contributed by atoms with van der Waals surface area (Å²) in [5, 5.41) is 3.07. The molecule has 0 radical (unpaired) electrons. The molecule has 3 aromatic carbocycles. The summed E-state index contributed by atoms with van der Waals surface area (Å²) in [5.41, 5.74) is 1.77. The van der Waals surface area contributed by atoms with E-state index in [-0.39, 0.29) is 11.9 Å². The van der Waals surface area contributed by atoms with Crippen molar-refractivity contribution in [2.24, 2.45) is 7.05 Å². The van der Waals surface area contributed by atoms with Gasteiger partial charge in [0.1, 0.15) is 30.8 Å². The van der Waals surface area contributed by atoms with Gasteiger partial charge in [-0.3, -0.25) is 4.79 Å². The molecule has 37 heavy (non-hydrogen) atoms. The Balaban J connectivity index is 1.40. The van der Waals surface area contributed by atoms with Crippen LogP contribution in [-0.2, 0) is 11.8 Å². The number of hydrogen-bond donors (Lipinski definition) is 1. The van der Waals surface area contributed by atoms with Crippen LogP contribution in [-0.4, -0.2) is 35.3 Å². The summed E-state index contributed by atoms with van der Waals surface area (Å²) < 4.78 is 19.2. The Morgan fingerprint density at radius 1 is 0.946 bits per heavy atom. The van der Waals surface area contributed by atoms with Crippen molar-refractivity contribution in [2.45, 2.75) is 13.0 Å². The summed E-state index contributed by atoms with van der Waals surface area (Å²) in [4.78, 5) is 17.3. The van der Waals surface area contributed by atoms with Crippen molar-refractivity contribution in [1.29, 1.82) is 0 Å². The predicted octanol–water partition coefficient (Wildman–Crippen LogP) is 5.20. The summed E-state index contributed by atoms with van der Waals surface area (Å²) in [6, 6.07) is 24.6. The number of carbonyl (C=O) groups is 1. The van der Waals surface area contributed by atoms with Crippen LogP contribution >= 0.6 is 0 Å². The summed E-state index contributed by atoms with van der Waals surface area (Å²) in [5.74, 6) is 2.56. The van der Waals surface area contributed by atoms with E-state index in [1.54, 1.807) is 12.3 Å². The zero-order valence-corrected chi connectivity index (χ0v) is 21.0. The first-order valence-electron chi connectivity index (χ1n) is 12.2. The number of aromatic nitrogens is 2. The van der Waals surface area contributed by atoms with Gasteiger partial charge in [-0.2, -0.15) is 0 Å². The molecule has 1 amide bonds. The third-order valence-electron chi connectivity index (χ3n) is 5.58. The highest BCUT2D eigenvalue weighted by Crippen LogP contribution is 2.29. The van der Waals surface area contributed by atoms with Crippen molar-refractivity contribution < 1.29 is 19.0 Å². The summed E-state index contributed by atoms with van der Waals surface area (Å²) in [7, 11) is 1.91. The van der Waals surface area contributed by atoms with Crippen LogP contribution in [0.5, 0.6) is 17.2 Å². The van der Waals surface area contributed by atoms with Gasteiger partial charge in [-0.15, -0.1) is 0 Å². The van der Waals surface area contributed by atoms with E-state index in [1.807, 2.05) is 104 Å². The molecule has 7 nitrogen and oxygen atoms in total. The molecule has 190 valence electrons. The molecule has 7 heteroatoms. The molecule has 0 aliphatic carbocycles. The minimum atomic E-state index is -0.369. The number of benzene rings is 3. The lowest BCUT2D eigenvalue weighted by molar-refractivity contribution is -0.117. The van der Waals surface area contributed by atoms with E-state index in [2.05, 4.69) is 10.3 Å². The number of nitrogens with zero attached hydrogens (tertiary/aromatic N) is 2. The number of ether oxygens (including phenoxy) is 3. The highest BCUT2D eigenvalue weighted by Gasteiger charge is 2.19. The molecule has 0 spiro atoms. The van der Waals surface area contributed by atoms with Crippen LogP contribution in [0.2, 0.25) is 0 Å². The van der Waals surface area contributed by atoms with Gasteiger partial charge in [0.25, 0.3) is 0 Å². The molecule has 0 saturated heterocycles.